The second-order valence-corrected chi connectivity index (χ2v) is 5.03. The van der Waals surface area contributed by atoms with Gasteiger partial charge in [-0.1, -0.05) is 64.7 Å². The van der Waals surface area contributed by atoms with Crippen LogP contribution in [0, 0.1) is 6.92 Å². The van der Waals surface area contributed by atoms with Crippen LogP contribution in [-0.2, 0) is 10.4 Å². The summed E-state index contributed by atoms with van der Waals surface area (Å²) in [5, 5.41) is 0. The average molecular weight is 314 g/mol. The van der Waals surface area contributed by atoms with E-state index in [0.29, 0.717) is 0 Å². The molecule has 0 rings (SSSR count). The van der Waals surface area contributed by atoms with E-state index in [1.165, 1.54) is 57.8 Å². The van der Waals surface area contributed by atoms with Crippen LogP contribution in [0.3, 0.4) is 0 Å². The van der Waals surface area contributed by atoms with Crippen LogP contribution in [0.2, 0.25) is 0 Å². The summed E-state index contributed by atoms with van der Waals surface area (Å²) < 4.78 is 31.6. The normalized spacial score (nSPS) is 9.68. The second kappa shape index (κ2) is 22.2. The molecule has 0 unspecified atom stereocenters. The van der Waals surface area contributed by atoms with Gasteiger partial charge in [-0.3, -0.25) is 9.11 Å². The van der Waals surface area contributed by atoms with Crippen LogP contribution >= 0.6 is 0 Å². The Labute approximate surface area is 165 Å². The van der Waals surface area contributed by atoms with Crippen molar-refractivity contribution in [3.05, 3.63) is 6.92 Å². The Morgan fingerprint density at radius 1 is 0.842 bits per heavy atom. The van der Waals surface area contributed by atoms with E-state index in [-0.39, 0.29) is 60.5 Å². The standard InChI is InChI=1S/C12H25.2Na.H2O4S.H/c1-3-5-7-9-11-12-10-8-6-4-2;;;1-5(2,3)4;/h1,3-12H2,2H3;;;(H2,1,2,3,4);/q-1;2*+1;;-1. The summed E-state index contributed by atoms with van der Waals surface area (Å²) >= 11 is 0. The van der Waals surface area contributed by atoms with Crippen LogP contribution < -0.4 is 59.1 Å². The van der Waals surface area contributed by atoms with E-state index in [1.807, 2.05) is 0 Å². The van der Waals surface area contributed by atoms with Gasteiger partial charge in [-0.25, -0.2) is 0 Å². The molecule has 0 saturated carbocycles. The van der Waals surface area contributed by atoms with Gasteiger partial charge in [-0.15, -0.1) is 0 Å². The van der Waals surface area contributed by atoms with Crippen molar-refractivity contribution in [3.63, 3.8) is 0 Å². The van der Waals surface area contributed by atoms with Gasteiger partial charge in [-0.2, -0.15) is 14.8 Å². The van der Waals surface area contributed by atoms with Crippen LogP contribution in [0.4, 0.5) is 0 Å². The van der Waals surface area contributed by atoms with Crippen LogP contribution in [-0.4, -0.2) is 17.5 Å². The van der Waals surface area contributed by atoms with Gasteiger partial charge in [0.1, 0.15) is 0 Å². The van der Waals surface area contributed by atoms with E-state index >= 15 is 0 Å². The summed E-state index contributed by atoms with van der Waals surface area (Å²) in [5.41, 5.74) is 0. The third kappa shape index (κ3) is 53.7. The molecule has 0 aliphatic carbocycles. The van der Waals surface area contributed by atoms with Crippen LogP contribution in [0.1, 0.15) is 72.6 Å². The molecule has 2 N–H and O–H groups in total. The van der Waals surface area contributed by atoms with E-state index in [4.69, 9.17) is 17.5 Å². The molecular weight excluding hydrogens is 286 g/mol. The maximum Gasteiger partial charge on any atom is 1.00 e. The molecule has 7 heteroatoms. The zero-order valence-electron chi connectivity index (χ0n) is 13.9. The fraction of sp³-hybridized carbons (Fsp3) is 0.917. The Kier molecular flexibility index (Phi) is 33.8. The van der Waals surface area contributed by atoms with Crippen molar-refractivity contribution in [1.29, 1.82) is 0 Å². The number of rotatable bonds is 9. The quantitative estimate of drug-likeness (QED) is 0.228. The Bertz CT molecular complexity index is 222. The smallest absolute Gasteiger partial charge is 1.00 e. The summed E-state index contributed by atoms with van der Waals surface area (Å²) in [5.74, 6) is 0. The van der Waals surface area contributed by atoms with Crippen molar-refractivity contribution in [3.8, 4) is 0 Å². The van der Waals surface area contributed by atoms with Gasteiger partial charge >= 0.3 is 69.5 Å². The molecule has 0 fully saturated rings. The molecule has 0 aliphatic heterocycles. The minimum Gasteiger partial charge on any atom is -1.00 e. The zero-order chi connectivity index (χ0) is 13.6. The Morgan fingerprint density at radius 3 is 1.37 bits per heavy atom. The topological polar surface area (TPSA) is 74.6 Å². The van der Waals surface area contributed by atoms with E-state index in [2.05, 4.69) is 13.8 Å². The Balaban J connectivity index is -0.0000000821. The van der Waals surface area contributed by atoms with Gasteiger partial charge in [0.25, 0.3) is 0 Å². The first-order chi connectivity index (χ1) is 7.91. The van der Waals surface area contributed by atoms with Crippen molar-refractivity contribution in [2.45, 2.75) is 71.1 Å². The fourth-order valence-corrected chi connectivity index (χ4v) is 1.49. The van der Waals surface area contributed by atoms with Gasteiger partial charge in [0, 0.05) is 0 Å². The van der Waals surface area contributed by atoms with E-state index in [0.717, 1.165) is 6.42 Å². The van der Waals surface area contributed by atoms with Gasteiger partial charge in [0.2, 0.25) is 0 Å². The molecule has 0 atom stereocenters. The number of hydrogen-bond donors (Lipinski definition) is 2. The van der Waals surface area contributed by atoms with Crippen molar-refractivity contribution in [1.82, 2.24) is 0 Å². The fourth-order valence-electron chi connectivity index (χ4n) is 1.49. The summed E-state index contributed by atoms with van der Waals surface area (Å²) in [6.45, 7) is 6.12. The number of unbranched alkanes of at least 4 members (excludes halogenated alkanes) is 9. The molecule has 0 aromatic rings. The monoisotopic (exact) mass is 314 g/mol. The molecule has 0 spiro atoms. The molecule has 0 amide bonds. The van der Waals surface area contributed by atoms with Gasteiger partial charge in [0.05, 0.1) is 0 Å². The molecule has 0 saturated heterocycles. The van der Waals surface area contributed by atoms with E-state index in [1.54, 1.807) is 0 Å². The first-order valence-corrected chi connectivity index (χ1v) is 7.80. The third-order valence-electron chi connectivity index (χ3n) is 2.35. The average Bonchev–Trinajstić information content (AvgIpc) is 2.20. The van der Waals surface area contributed by atoms with Crippen molar-refractivity contribution >= 4 is 10.4 Å². The summed E-state index contributed by atoms with van der Waals surface area (Å²) in [4.78, 5) is 0. The van der Waals surface area contributed by atoms with E-state index < -0.39 is 10.4 Å². The van der Waals surface area contributed by atoms with Crippen LogP contribution in [0.25, 0.3) is 0 Å². The molecule has 4 nitrogen and oxygen atoms in total. The molecular formula is C12H28Na2O4S. The van der Waals surface area contributed by atoms with Crippen LogP contribution in [0.15, 0.2) is 0 Å². The molecule has 0 bridgehead atoms. The molecule has 0 aromatic carbocycles. The third-order valence-corrected chi connectivity index (χ3v) is 2.35. The molecule has 0 aliphatic rings. The first kappa shape index (κ1) is 29.0. The maximum absolute atomic E-state index is 8.74. The molecule has 19 heavy (non-hydrogen) atoms. The minimum atomic E-state index is -4.67. The molecule has 0 radical (unpaired) electrons. The van der Waals surface area contributed by atoms with Crippen LogP contribution in [0.5, 0.6) is 0 Å². The minimum absolute atomic E-state index is 0. The van der Waals surface area contributed by atoms with Crippen molar-refractivity contribution in [2.24, 2.45) is 0 Å². The van der Waals surface area contributed by atoms with E-state index in [9.17, 15) is 0 Å². The predicted molar refractivity (Wildman–Crippen MR) is 72.5 cm³/mol. The zero-order valence-corrected chi connectivity index (χ0v) is 17.7. The molecule has 108 valence electrons. The molecule has 0 aromatic heterocycles. The van der Waals surface area contributed by atoms with Crippen molar-refractivity contribution in [2.75, 3.05) is 0 Å². The second-order valence-electron chi connectivity index (χ2n) is 4.13. The Hall–Kier alpha value is 1.87. The van der Waals surface area contributed by atoms with Gasteiger partial charge in [0.15, 0.2) is 0 Å². The summed E-state index contributed by atoms with van der Waals surface area (Å²) in [7, 11) is -4.67. The van der Waals surface area contributed by atoms with Gasteiger partial charge < -0.3 is 8.35 Å². The van der Waals surface area contributed by atoms with Gasteiger partial charge in [-0.05, 0) is 0 Å². The number of hydrogen-bond acceptors (Lipinski definition) is 2. The maximum atomic E-state index is 8.74. The summed E-state index contributed by atoms with van der Waals surface area (Å²) in [6, 6.07) is 0. The molecule has 0 heterocycles. The van der Waals surface area contributed by atoms with Crippen molar-refractivity contribution < 1.29 is 78.1 Å². The first-order valence-electron chi connectivity index (χ1n) is 6.41. The predicted octanol–water partition coefficient (Wildman–Crippen LogP) is -1.79. The SMILES string of the molecule is O=S(=O)(O)O.[CH2-]CCCCCCCCCCC.[H-].[Na+].[Na+]. The Morgan fingerprint density at radius 2 is 1.11 bits per heavy atom. The summed E-state index contributed by atoms with van der Waals surface area (Å²) in [6.07, 6.45) is 13.9. The largest absolute Gasteiger partial charge is 1.00 e.